The number of aromatic nitrogens is 5. The molecule has 0 spiro atoms. The summed E-state index contributed by atoms with van der Waals surface area (Å²) in [5.74, 6) is 1.97. The Morgan fingerprint density at radius 2 is 1.87 bits per heavy atom. The summed E-state index contributed by atoms with van der Waals surface area (Å²) in [6.07, 6.45) is 3.24. The number of nitrogens with one attached hydrogen (secondary N) is 1. The van der Waals surface area contributed by atoms with Crippen molar-refractivity contribution in [3.8, 4) is 0 Å². The third kappa shape index (κ3) is 4.59. The highest BCUT2D eigenvalue weighted by atomic mass is 16.2. The summed E-state index contributed by atoms with van der Waals surface area (Å²) < 4.78 is 1.18. The Hall–Kier alpha value is -3.82. The predicted molar refractivity (Wildman–Crippen MR) is 112 cm³/mol. The van der Waals surface area contributed by atoms with Crippen molar-refractivity contribution in [1.29, 1.82) is 0 Å². The maximum atomic E-state index is 12.5. The van der Waals surface area contributed by atoms with E-state index in [9.17, 15) is 9.59 Å². The highest BCUT2D eigenvalue weighted by Gasteiger charge is 2.22. The van der Waals surface area contributed by atoms with Crippen LogP contribution in [0.25, 0.3) is 0 Å². The number of amides is 1. The lowest BCUT2D eigenvalue weighted by Gasteiger charge is -2.35. The SMILES string of the molecule is Cc1ccnc(Nc2ccc(N3CCN(C(=O)Cn4ncccc4=O)CC3)nn2)c1. The van der Waals surface area contributed by atoms with Gasteiger partial charge in [-0.05, 0) is 42.8 Å². The highest BCUT2D eigenvalue weighted by Crippen LogP contribution is 2.17. The number of piperazine rings is 1. The smallest absolute Gasteiger partial charge is 0.267 e. The second-order valence-electron chi connectivity index (χ2n) is 7.01. The van der Waals surface area contributed by atoms with E-state index in [1.165, 1.54) is 16.9 Å². The van der Waals surface area contributed by atoms with Crippen molar-refractivity contribution >= 4 is 23.4 Å². The molecule has 1 amide bonds. The Bertz CT molecular complexity index is 1070. The molecule has 0 saturated carbocycles. The minimum atomic E-state index is -0.283. The van der Waals surface area contributed by atoms with Gasteiger partial charge in [0.15, 0.2) is 11.6 Å². The Kier molecular flexibility index (Phi) is 5.64. The first-order chi connectivity index (χ1) is 14.6. The second kappa shape index (κ2) is 8.68. The van der Waals surface area contributed by atoms with Crippen LogP contribution >= 0.6 is 0 Å². The van der Waals surface area contributed by atoms with Crippen molar-refractivity contribution < 1.29 is 4.79 Å². The van der Waals surface area contributed by atoms with Gasteiger partial charge in [0.1, 0.15) is 12.4 Å². The highest BCUT2D eigenvalue weighted by molar-refractivity contribution is 5.76. The molecule has 10 nitrogen and oxygen atoms in total. The number of pyridine rings is 1. The topological polar surface area (TPSA) is 109 Å². The number of hydrogen-bond donors (Lipinski definition) is 1. The zero-order valence-electron chi connectivity index (χ0n) is 16.6. The summed E-state index contributed by atoms with van der Waals surface area (Å²) in [6.45, 7) is 4.34. The lowest BCUT2D eigenvalue weighted by Crippen LogP contribution is -2.50. The Balaban J connectivity index is 1.32. The summed E-state index contributed by atoms with van der Waals surface area (Å²) >= 11 is 0. The van der Waals surface area contributed by atoms with E-state index in [0.29, 0.717) is 32.0 Å². The molecule has 0 unspecified atom stereocenters. The van der Waals surface area contributed by atoms with Crippen molar-refractivity contribution in [2.75, 3.05) is 36.4 Å². The number of aryl methyl sites for hydroxylation is 1. The molecule has 30 heavy (non-hydrogen) atoms. The van der Waals surface area contributed by atoms with Gasteiger partial charge in [0.25, 0.3) is 5.56 Å². The summed E-state index contributed by atoms with van der Waals surface area (Å²) in [6, 6.07) is 10.6. The monoisotopic (exact) mass is 406 g/mol. The van der Waals surface area contributed by atoms with Gasteiger partial charge in [-0.2, -0.15) is 5.10 Å². The molecule has 3 aromatic rings. The van der Waals surface area contributed by atoms with Gasteiger partial charge in [-0.15, -0.1) is 10.2 Å². The van der Waals surface area contributed by atoms with E-state index >= 15 is 0 Å². The van der Waals surface area contributed by atoms with E-state index in [0.717, 1.165) is 17.2 Å². The molecule has 1 N–H and O–H groups in total. The standard InChI is InChI=1S/C20H22N8O2/c1-15-6-8-21-17(13-15)23-16-4-5-18(25-24-16)26-9-11-27(12-10-26)20(30)14-28-19(29)3-2-7-22-28/h2-8,13H,9-12,14H2,1H3,(H,21,23,24). The lowest BCUT2D eigenvalue weighted by atomic mass is 10.3. The van der Waals surface area contributed by atoms with E-state index in [-0.39, 0.29) is 18.0 Å². The Morgan fingerprint density at radius 1 is 1.03 bits per heavy atom. The normalized spacial score (nSPS) is 13.9. The van der Waals surface area contributed by atoms with Crippen molar-refractivity contribution in [2.24, 2.45) is 0 Å². The number of anilines is 3. The van der Waals surface area contributed by atoms with Gasteiger partial charge in [-0.25, -0.2) is 9.67 Å². The van der Waals surface area contributed by atoms with Gasteiger partial charge < -0.3 is 15.1 Å². The summed E-state index contributed by atoms with van der Waals surface area (Å²) in [4.78, 5) is 32.3. The predicted octanol–water partition coefficient (Wildman–Crippen LogP) is 0.829. The van der Waals surface area contributed by atoms with Crippen molar-refractivity contribution in [3.05, 3.63) is 64.7 Å². The molecule has 10 heteroatoms. The van der Waals surface area contributed by atoms with Crippen LogP contribution in [0.4, 0.5) is 17.5 Å². The number of carbonyl (C=O) groups excluding carboxylic acids is 1. The number of carbonyl (C=O) groups is 1. The summed E-state index contributed by atoms with van der Waals surface area (Å²) in [5.41, 5.74) is 0.826. The van der Waals surface area contributed by atoms with Crippen LogP contribution in [-0.4, -0.2) is 61.9 Å². The largest absolute Gasteiger partial charge is 0.352 e. The molecular formula is C20H22N8O2. The Labute approximate surface area is 173 Å². The molecule has 4 rings (SSSR count). The molecule has 1 fully saturated rings. The molecular weight excluding hydrogens is 384 g/mol. The van der Waals surface area contributed by atoms with Gasteiger partial charge in [-0.3, -0.25) is 9.59 Å². The van der Waals surface area contributed by atoms with Crippen molar-refractivity contribution in [1.82, 2.24) is 29.9 Å². The van der Waals surface area contributed by atoms with E-state index < -0.39 is 0 Å². The third-order valence-corrected chi connectivity index (χ3v) is 4.85. The Morgan fingerprint density at radius 3 is 2.57 bits per heavy atom. The van der Waals surface area contributed by atoms with E-state index in [4.69, 9.17) is 0 Å². The molecule has 0 atom stereocenters. The second-order valence-corrected chi connectivity index (χ2v) is 7.01. The third-order valence-electron chi connectivity index (χ3n) is 4.85. The molecule has 1 saturated heterocycles. The summed E-state index contributed by atoms with van der Waals surface area (Å²) in [5, 5.41) is 15.6. The van der Waals surface area contributed by atoms with Crippen LogP contribution in [0, 0.1) is 6.92 Å². The van der Waals surface area contributed by atoms with Crippen LogP contribution < -0.4 is 15.8 Å². The zero-order valence-corrected chi connectivity index (χ0v) is 16.6. The van der Waals surface area contributed by atoms with Gasteiger partial charge in [0, 0.05) is 44.6 Å². The van der Waals surface area contributed by atoms with Crippen LogP contribution in [0.5, 0.6) is 0 Å². The number of nitrogens with zero attached hydrogens (tertiary/aromatic N) is 7. The maximum Gasteiger partial charge on any atom is 0.267 e. The van der Waals surface area contributed by atoms with Crippen molar-refractivity contribution in [2.45, 2.75) is 13.5 Å². The van der Waals surface area contributed by atoms with Crippen LogP contribution in [-0.2, 0) is 11.3 Å². The minimum Gasteiger partial charge on any atom is -0.352 e. The molecule has 0 aromatic carbocycles. The van der Waals surface area contributed by atoms with Gasteiger partial charge in [0.05, 0.1) is 0 Å². The maximum absolute atomic E-state index is 12.5. The summed E-state index contributed by atoms with van der Waals surface area (Å²) in [7, 11) is 0. The van der Waals surface area contributed by atoms with E-state index in [1.54, 1.807) is 17.2 Å². The average Bonchev–Trinajstić information content (AvgIpc) is 2.76. The molecule has 3 aromatic heterocycles. The molecule has 1 aliphatic heterocycles. The quantitative estimate of drug-likeness (QED) is 0.664. The number of rotatable bonds is 5. The molecule has 1 aliphatic rings. The molecule has 0 aliphatic carbocycles. The van der Waals surface area contributed by atoms with Crippen LogP contribution in [0.3, 0.4) is 0 Å². The number of hydrogen-bond acceptors (Lipinski definition) is 8. The fourth-order valence-electron chi connectivity index (χ4n) is 3.22. The first-order valence-electron chi connectivity index (χ1n) is 9.67. The fourth-order valence-corrected chi connectivity index (χ4v) is 3.22. The fraction of sp³-hybridized carbons (Fsp3) is 0.300. The van der Waals surface area contributed by atoms with Gasteiger partial charge in [0.2, 0.25) is 5.91 Å². The zero-order chi connectivity index (χ0) is 20.9. The van der Waals surface area contributed by atoms with Crippen LogP contribution in [0.15, 0.2) is 53.6 Å². The average molecular weight is 406 g/mol. The van der Waals surface area contributed by atoms with Crippen LogP contribution in [0.2, 0.25) is 0 Å². The van der Waals surface area contributed by atoms with Gasteiger partial charge >= 0.3 is 0 Å². The van der Waals surface area contributed by atoms with Crippen molar-refractivity contribution in [3.63, 3.8) is 0 Å². The van der Waals surface area contributed by atoms with E-state index in [1.807, 2.05) is 31.2 Å². The first-order valence-corrected chi connectivity index (χ1v) is 9.67. The van der Waals surface area contributed by atoms with E-state index in [2.05, 4.69) is 30.5 Å². The molecule has 0 radical (unpaired) electrons. The first kappa shape index (κ1) is 19.5. The molecule has 0 bridgehead atoms. The molecule has 154 valence electrons. The lowest BCUT2D eigenvalue weighted by molar-refractivity contribution is -0.132. The minimum absolute atomic E-state index is 0.0488. The molecule has 4 heterocycles. The van der Waals surface area contributed by atoms with Gasteiger partial charge in [-0.1, -0.05) is 0 Å². The van der Waals surface area contributed by atoms with Crippen LogP contribution in [0.1, 0.15) is 5.56 Å².